The largest absolute Gasteiger partial charge is 0.494 e. The highest BCUT2D eigenvalue weighted by molar-refractivity contribution is 6.18. The number of aliphatic hydroxyl groups is 1. The van der Waals surface area contributed by atoms with Crippen molar-refractivity contribution >= 4 is 11.6 Å². The lowest BCUT2D eigenvalue weighted by Crippen LogP contribution is -2.19. The van der Waals surface area contributed by atoms with Crippen LogP contribution >= 0.6 is 11.6 Å². The average molecular weight is 389 g/mol. The Morgan fingerprint density at radius 2 is 1.42 bits per heavy atom. The first kappa shape index (κ1) is 20.4. The van der Waals surface area contributed by atoms with E-state index in [9.17, 15) is 18.3 Å². The summed E-state index contributed by atoms with van der Waals surface area (Å²) in [5.74, 6) is -2.38. The Hall–Kier alpha value is -1.92. The van der Waals surface area contributed by atoms with Crippen LogP contribution in [0.4, 0.5) is 13.2 Å². The van der Waals surface area contributed by atoms with E-state index in [0.717, 1.165) is 0 Å². The van der Waals surface area contributed by atoms with Crippen molar-refractivity contribution in [3.8, 4) is 11.5 Å². The van der Waals surface area contributed by atoms with Gasteiger partial charge >= 0.3 is 0 Å². The van der Waals surface area contributed by atoms with Crippen LogP contribution < -0.4 is 9.47 Å². The lowest BCUT2D eigenvalue weighted by Gasteiger charge is -2.18. The van der Waals surface area contributed by atoms with Crippen LogP contribution in [0.3, 0.4) is 0 Å². The van der Waals surface area contributed by atoms with E-state index < -0.39 is 18.7 Å². The van der Waals surface area contributed by atoms with Crippen LogP contribution in [0.2, 0.25) is 0 Å². The molecule has 0 aliphatic carbocycles. The number of rotatable bonds is 10. The molecule has 0 aliphatic rings. The van der Waals surface area contributed by atoms with Gasteiger partial charge in [-0.15, -0.1) is 11.6 Å². The molecule has 0 aliphatic heterocycles. The summed E-state index contributed by atoms with van der Waals surface area (Å²) in [4.78, 5) is 0. The number of benzene rings is 2. The van der Waals surface area contributed by atoms with Crippen molar-refractivity contribution in [1.82, 2.24) is 0 Å². The van der Waals surface area contributed by atoms with E-state index in [1.54, 1.807) is 0 Å². The minimum atomic E-state index is -3.19. The molecule has 0 unspecified atom stereocenters. The molecule has 1 N–H and O–H groups in total. The van der Waals surface area contributed by atoms with Crippen molar-refractivity contribution in [1.29, 1.82) is 0 Å². The summed E-state index contributed by atoms with van der Waals surface area (Å²) in [6, 6.07) is 10.8. The normalized spacial score (nSPS) is 12.7. The molecule has 0 bridgehead atoms. The zero-order valence-electron chi connectivity index (χ0n) is 14.0. The van der Waals surface area contributed by atoms with Gasteiger partial charge in [0.05, 0.1) is 19.2 Å². The fraction of sp³-hybridized carbons (Fsp3) is 0.368. The highest BCUT2D eigenvalue weighted by Crippen LogP contribution is 2.37. The summed E-state index contributed by atoms with van der Waals surface area (Å²) in [6.07, 6.45) is -0.558. The summed E-state index contributed by atoms with van der Waals surface area (Å²) in [5.41, 5.74) is -0.365. The molecule has 0 saturated heterocycles. The second kappa shape index (κ2) is 9.69. The Morgan fingerprint density at radius 1 is 0.923 bits per heavy atom. The molecule has 2 rings (SSSR count). The van der Waals surface area contributed by atoms with Gasteiger partial charge in [-0.25, -0.2) is 0 Å². The number of ether oxygens (including phenoxy) is 2. The predicted molar refractivity (Wildman–Crippen MR) is 94.2 cm³/mol. The molecule has 1 atom stereocenters. The van der Waals surface area contributed by atoms with E-state index in [4.69, 9.17) is 21.1 Å². The molecule has 0 fully saturated rings. The molecule has 0 radical (unpaired) electrons. The van der Waals surface area contributed by atoms with Gasteiger partial charge in [-0.1, -0.05) is 0 Å². The fourth-order valence-corrected chi connectivity index (χ4v) is 2.26. The topological polar surface area (TPSA) is 38.7 Å². The molecule has 0 heterocycles. The Labute approximate surface area is 155 Å². The van der Waals surface area contributed by atoms with Crippen LogP contribution in [0, 0.1) is 0 Å². The monoisotopic (exact) mass is 388 g/mol. The van der Waals surface area contributed by atoms with E-state index in [1.807, 2.05) is 0 Å². The van der Waals surface area contributed by atoms with Crippen molar-refractivity contribution in [3.05, 3.63) is 59.7 Å². The van der Waals surface area contributed by atoms with Crippen molar-refractivity contribution in [2.24, 2.45) is 0 Å². The van der Waals surface area contributed by atoms with Crippen LogP contribution in [0.1, 0.15) is 17.5 Å². The lowest BCUT2D eigenvalue weighted by atomic mass is 10.0. The van der Waals surface area contributed by atoms with Gasteiger partial charge in [0.2, 0.25) is 0 Å². The zero-order chi connectivity index (χ0) is 19.0. The highest BCUT2D eigenvalue weighted by Gasteiger charge is 2.33. The average Bonchev–Trinajstić information content (AvgIpc) is 2.67. The van der Waals surface area contributed by atoms with Gasteiger partial charge in [-0.3, -0.25) is 4.39 Å². The first-order chi connectivity index (χ1) is 12.5. The molecule has 2 aromatic carbocycles. The summed E-state index contributed by atoms with van der Waals surface area (Å²) < 4.78 is 51.8. The molecule has 0 amide bonds. The molecule has 0 spiro atoms. The van der Waals surface area contributed by atoms with Crippen LogP contribution in [-0.4, -0.2) is 37.0 Å². The SMILES string of the molecule is O[C@@H](CCl)COc1ccc(C(F)(F)c2ccc(OCCCF)cc2)cc1. The Morgan fingerprint density at radius 3 is 1.88 bits per heavy atom. The van der Waals surface area contributed by atoms with E-state index in [2.05, 4.69) is 0 Å². The van der Waals surface area contributed by atoms with E-state index in [1.165, 1.54) is 48.5 Å². The van der Waals surface area contributed by atoms with Gasteiger partial charge in [0.25, 0.3) is 5.92 Å². The van der Waals surface area contributed by atoms with Gasteiger partial charge in [0, 0.05) is 17.5 Å². The van der Waals surface area contributed by atoms with Crippen molar-refractivity contribution in [2.75, 3.05) is 25.8 Å². The number of halogens is 4. The van der Waals surface area contributed by atoms with E-state index >= 15 is 0 Å². The predicted octanol–water partition coefficient (Wildman–Crippen LogP) is 4.54. The van der Waals surface area contributed by atoms with Crippen molar-refractivity contribution in [2.45, 2.75) is 18.4 Å². The van der Waals surface area contributed by atoms with Crippen LogP contribution in [0.25, 0.3) is 0 Å². The molecule has 2 aromatic rings. The molecule has 0 aromatic heterocycles. The first-order valence-corrected chi connectivity index (χ1v) is 8.65. The van der Waals surface area contributed by atoms with Crippen LogP contribution in [0.15, 0.2) is 48.5 Å². The third-order valence-corrected chi connectivity index (χ3v) is 3.96. The van der Waals surface area contributed by atoms with Crippen molar-refractivity contribution in [3.63, 3.8) is 0 Å². The molecular weight excluding hydrogens is 369 g/mol. The Bertz CT molecular complexity index is 663. The molecule has 7 heteroatoms. The second-order valence-electron chi connectivity index (χ2n) is 5.63. The number of alkyl halides is 4. The van der Waals surface area contributed by atoms with Gasteiger partial charge < -0.3 is 14.6 Å². The fourth-order valence-electron chi connectivity index (χ4n) is 2.17. The molecule has 0 saturated carbocycles. The van der Waals surface area contributed by atoms with Crippen molar-refractivity contribution < 1.29 is 27.8 Å². The minimum Gasteiger partial charge on any atom is -0.494 e. The first-order valence-electron chi connectivity index (χ1n) is 8.12. The van der Waals surface area contributed by atoms with Crippen LogP contribution in [-0.2, 0) is 5.92 Å². The Balaban J connectivity index is 2.04. The maximum Gasteiger partial charge on any atom is 0.298 e. The summed E-state index contributed by atoms with van der Waals surface area (Å²) >= 11 is 5.46. The van der Waals surface area contributed by atoms with E-state index in [-0.39, 0.29) is 36.6 Å². The molecule has 26 heavy (non-hydrogen) atoms. The third-order valence-electron chi connectivity index (χ3n) is 3.60. The molecular formula is C19H20ClF3O3. The van der Waals surface area contributed by atoms with E-state index in [0.29, 0.717) is 11.5 Å². The highest BCUT2D eigenvalue weighted by atomic mass is 35.5. The summed E-state index contributed by atoms with van der Waals surface area (Å²) in [7, 11) is 0. The van der Waals surface area contributed by atoms with Gasteiger partial charge in [-0.05, 0) is 48.5 Å². The lowest BCUT2D eigenvalue weighted by molar-refractivity contribution is 0.0427. The minimum absolute atomic E-state index is 0.0108. The standard InChI is InChI=1S/C19H20ClF3O3/c20-12-16(24)13-26-18-8-4-15(5-9-18)19(22,23)14-2-6-17(7-3-14)25-11-1-10-21/h2-9,16,24H,1,10-13H2/t16-/m0/s1. The zero-order valence-corrected chi connectivity index (χ0v) is 14.8. The van der Waals surface area contributed by atoms with Crippen LogP contribution in [0.5, 0.6) is 11.5 Å². The quantitative estimate of drug-likeness (QED) is 0.479. The summed E-state index contributed by atoms with van der Waals surface area (Å²) in [6.45, 7) is -0.296. The summed E-state index contributed by atoms with van der Waals surface area (Å²) in [5, 5.41) is 9.34. The van der Waals surface area contributed by atoms with Gasteiger partial charge in [0.15, 0.2) is 0 Å². The molecule has 142 valence electrons. The second-order valence-corrected chi connectivity index (χ2v) is 5.94. The molecule has 3 nitrogen and oxygen atoms in total. The number of hydrogen-bond acceptors (Lipinski definition) is 3. The smallest absolute Gasteiger partial charge is 0.298 e. The van der Waals surface area contributed by atoms with Gasteiger partial charge in [0.1, 0.15) is 24.2 Å². The number of aliphatic hydroxyl groups excluding tert-OH is 1. The Kier molecular flexibility index (Phi) is 7.60. The number of hydrogen-bond donors (Lipinski definition) is 1. The maximum atomic E-state index is 14.6. The van der Waals surface area contributed by atoms with Gasteiger partial charge in [-0.2, -0.15) is 8.78 Å². The third kappa shape index (κ3) is 5.54. The maximum absolute atomic E-state index is 14.6.